The fourth-order valence-electron chi connectivity index (χ4n) is 2.25. The van der Waals surface area contributed by atoms with E-state index in [0.29, 0.717) is 43.4 Å². The third-order valence-electron chi connectivity index (χ3n) is 3.26. The second-order valence-electron chi connectivity index (χ2n) is 5.27. The molecule has 8 nitrogen and oxygen atoms in total. The van der Waals surface area contributed by atoms with E-state index in [1.165, 1.54) is 5.57 Å². The summed E-state index contributed by atoms with van der Waals surface area (Å²) in [4.78, 5) is 21.6. The Morgan fingerprint density at radius 1 is 1.38 bits per heavy atom. The van der Waals surface area contributed by atoms with Crippen molar-refractivity contribution in [1.29, 1.82) is 0 Å². The highest BCUT2D eigenvalue weighted by Crippen LogP contribution is 2.28. The van der Waals surface area contributed by atoms with Crippen molar-refractivity contribution in [2.75, 3.05) is 44.1 Å². The van der Waals surface area contributed by atoms with Crippen molar-refractivity contribution in [3.05, 3.63) is 17.3 Å². The molecule has 3 N–H and O–H groups in total. The molecule has 0 saturated carbocycles. The molecule has 0 saturated heterocycles. The zero-order valence-electron chi connectivity index (χ0n) is 14.8. The van der Waals surface area contributed by atoms with Gasteiger partial charge in [0.2, 0.25) is 6.41 Å². The van der Waals surface area contributed by atoms with Crippen LogP contribution < -0.4 is 20.7 Å². The minimum atomic E-state index is 0.157. The maximum absolute atomic E-state index is 11.0. The highest BCUT2D eigenvalue weighted by atomic mass is 16.5. The molecule has 134 valence electrons. The lowest BCUT2D eigenvalue weighted by molar-refractivity contribution is -0.105. The van der Waals surface area contributed by atoms with Crippen LogP contribution in [0.5, 0.6) is 6.01 Å². The zero-order valence-corrected chi connectivity index (χ0v) is 14.8. The maximum atomic E-state index is 11.0. The lowest BCUT2D eigenvalue weighted by Crippen LogP contribution is -2.24. The van der Waals surface area contributed by atoms with Gasteiger partial charge in [-0.25, -0.2) is 0 Å². The minimum absolute atomic E-state index is 0.157. The fraction of sp³-hybridized carbons (Fsp3) is 0.562. The lowest BCUT2D eigenvalue weighted by atomic mass is 10.2. The molecule has 0 spiro atoms. The molecule has 24 heavy (non-hydrogen) atoms. The number of carbonyl (C=O) groups is 1. The van der Waals surface area contributed by atoms with Crippen LogP contribution in [0.25, 0.3) is 0 Å². The van der Waals surface area contributed by atoms with Crippen molar-refractivity contribution in [3.8, 4) is 6.01 Å². The van der Waals surface area contributed by atoms with Gasteiger partial charge in [-0.05, 0) is 13.3 Å². The summed E-state index contributed by atoms with van der Waals surface area (Å²) < 4.78 is 10.5. The van der Waals surface area contributed by atoms with Crippen LogP contribution in [0.15, 0.2) is 11.6 Å². The standard InChI is InChI=1S/C16H27N5O3/c1-5-6-12(2)10-21(3)15-14(18-11-22)13(9-17)19-16(20-15)24-8-7-23-4/h6,11H,5,7-10,17H2,1-4H3,(H,18,22)/b12-6+. The molecule has 1 aromatic heterocycles. The highest BCUT2D eigenvalue weighted by molar-refractivity contribution is 5.81. The van der Waals surface area contributed by atoms with Gasteiger partial charge in [-0.3, -0.25) is 4.79 Å². The Hall–Kier alpha value is -2.19. The number of methoxy groups -OCH3 is 1. The number of nitrogens with zero attached hydrogens (tertiary/aromatic N) is 3. The van der Waals surface area contributed by atoms with Gasteiger partial charge in [0.05, 0.1) is 12.3 Å². The van der Waals surface area contributed by atoms with E-state index >= 15 is 0 Å². The van der Waals surface area contributed by atoms with Crippen molar-refractivity contribution in [1.82, 2.24) is 9.97 Å². The number of hydrogen-bond acceptors (Lipinski definition) is 7. The zero-order chi connectivity index (χ0) is 17.9. The van der Waals surface area contributed by atoms with Gasteiger partial charge in [0.25, 0.3) is 0 Å². The first-order valence-electron chi connectivity index (χ1n) is 7.86. The summed E-state index contributed by atoms with van der Waals surface area (Å²) in [5.41, 5.74) is 7.98. The number of ether oxygens (including phenoxy) is 2. The Kier molecular flexibility index (Phi) is 8.74. The number of amides is 1. The molecule has 0 bridgehead atoms. The van der Waals surface area contributed by atoms with Gasteiger partial charge in [0, 0.05) is 27.2 Å². The van der Waals surface area contributed by atoms with Gasteiger partial charge >= 0.3 is 6.01 Å². The average Bonchev–Trinajstić information content (AvgIpc) is 2.56. The van der Waals surface area contributed by atoms with Gasteiger partial charge in [-0.2, -0.15) is 9.97 Å². The van der Waals surface area contributed by atoms with E-state index in [9.17, 15) is 4.79 Å². The number of aromatic nitrogens is 2. The summed E-state index contributed by atoms with van der Waals surface area (Å²) in [6, 6.07) is 0.211. The largest absolute Gasteiger partial charge is 0.461 e. The molecule has 1 amide bonds. The summed E-state index contributed by atoms with van der Waals surface area (Å²) in [5, 5.41) is 2.65. The Balaban J connectivity index is 3.17. The monoisotopic (exact) mass is 337 g/mol. The van der Waals surface area contributed by atoms with Crippen molar-refractivity contribution < 1.29 is 14.3 Å². The molecule has 0 aromatic carbocycles. The first kappa shape index (κ1) is 19.9. The third kappa shape index (κ3) is 5.78. The number of carbonyl (C=O) groups excluding carboxylic acids is 1. The molecule has 8 heteroatoms. The molecule has 0 fully saturated rings. The van der Waals surface area contributed by atoms with Crippen LogP contribution >= 0.6 is 0 Å². The summed E-state index contributed by atoms with van der Waals surface area (Å²) in [6.45, 7) is 5.72. The van der Waals surface area contributed by atoms with E-state index in [-0.39, 0.29) is 12.6 Å². The summed E-state index contributed by atoms with van der Waals surface area (Å²) in [5.74, 6) is 0.564. The van der Waals surface area contributed by atoms with Crippen LogP contribution in [0.2, 0.25) is 0 Å². The number of nitrogens with two attached hydrogens (primary N) is 1. The lowest BCUT2D eigenvalue weighted by Gasteiger charge is -2.23. The van der Waals surface area contributed by atoms with Gasteiger partial charge in [0.15, 0.2) is 5.82 Å². The quantitative estimate of drug-likeness (QED) is 0.357. The second-order valence-corrected chi connectivity index (χ2v) is 5.27. The Bertz CT molecular complexity index is 563. The van der Waals surface area contributed by atoms with Crippen molar-refractivity contribution in [2.45, 2.75) is 26.8 Å². The van der Waals surface area contributed by atoms with E-state index in [4.69, 9.17) is 15.2 Å². The molecule has 0 atom stereocenters. The number of hydrogen-bond donors (Lipinski definition) is 2. The van der Waals surface area contributed by atoms with Gasteiger partial charge < -0.3 is 25.4 Å². The number of allylic oxidation sites excluding steroid dienone is 1. The molecule has 0 aliphatic carbocycles. The molecule has 0 unspecified atom stereocenters. The van der Waals surface area contributed by atoms with E-state index in [1.54, 1.807) is 7.11 Å². The first-order valence-corrected chi connectivity index (χ1v) is 7.86. The highest BCUT2D eigenvalue weighted by Gasteiger charge is 2.17. The number of nitrogens with one attached hydrogen (secondary N) is 1. The van der Waals surface area contributed by atoms with Crippen LogP contribution in [0.1, 0.15) is 26.0 Å². The second kappa shape index (κ2) is 10.6. The van der Waals surface area contributed by atoms with E-state index in [0.717, 1.165) is 6.42 Å². The Morgan fingerprint density at radius 3 is 2.71 bits per heavy atom. The van der Waals surface area contributed by atoms with Crippen molar-refractivity contribution in [3.63, 3.8) is 0 Å². The molecule has 1 rings (SSSR count). The van der Waals surface area contributed by atoms with E-state index in [2.05, 4.69) is 28.3 Å². The van der Waals surface area contributed by atoms with Gasteiger partial charge in [-0.15, -0.1) is 0 Å². The van der Waals surface area contributed by atoms with Gasteiger partial charge in [-0.1, -0.05) is 18.6 Å². The number of anilines is 2. The molecule has 0 aliphatic rings. The van der Waals surface area contributed by atoms with E-state index < -0.39 is 0 Å². The first-order chi connectivity index (χ1) is 11.6. The van der Waals surface area contributed by atoms with Crippen molar-refractivity contribution in [2.24, 2.45) is 5.73 Å². The molecule has 0 radical (unpaired) electrons. The minimum Gasteiger partial charge on any atom is -0.461 e. The molecular formula is C16H27N5O3. The van der Waals surface area contributed by atoms with Crippen molar-refractivity contribution >= 4 is 17.9 Å². The molecule has 1 aromatic rings. The average molecular weight is 337 g/mol. The van der Waals surface area contributed by atoms with E-state index in [1.807, 2.05) is 18.9 Å². The van der Waals surface area contributed by atoms with Crippen LogP contribution in [-0.4, -0.2) is 50.3 Å². The van der Waals surface area contributed by atoms with Crippen LogP contribution in [0.3, 0.4) is 0 Å². The van der Waals surface area contributed by atoms with Gasteiger partial charge in [0.1, 0.15) is 12.3 Å². The Morgan fingerprint density at radius 2 is 2.12 bits per heavy atom. The van der Waals surface area contributed by atoms with Crippen LogP contribution in [-0.2, 0) is 16.1 Å². The van der Waals surface area contributed by atoms with Crippen LogP contribution in [0, 0.1) is 0 Å². The summed E-state index contributed by atoms with van der Waals surface area (Å²) >= 11 is 0. The normalized spacial score (nSPS) is 11.3. The SMILES string of the molecule is CC/C=C(\C)CN(C)c1nc(OCCOC)nc(CN)c1NC=O. The number of rotatable bonds is 11. The maximum Gasteiger partial charge on any atom is 0.318 e. The topological polar surface area (TPSA) is 103 Å². The smallest absolute Gasteiger partial charge is 0.318 e. The molecule has 1 heterocycles. The molecule has 0 aliphatic heterocycles. The predicted octanol–water partition coefficient (Wildman–Crippen LogP) is 1.32. The summed E-state index contributed by atoms with van der Waals surface area (Å²) in [6.07, 6.45) is 3.70. The summed E-state index contributed by atoms with van der Waals surface area (Å²) in [7, 11) is 3.49. The third-order valence-corrected chi connectivity index (χ3v) is 3.26. The fourth-order valence-corrected chi connectivity index (χ4v) is 2.25. The Labute approximate surface area is 143 Å². The predicted molar refractivity (Wildman–Crippen MR) is 94.3 cm³/mol. The number of likely N-dealkylation sites (N-methyl/N-ethyl adjacent to an activating group) is 1. The molecular weight excluding hydrogens is 310 g/mol. The van der Waals surface area contributed by atoms with Crippen LogP contribution in [0.4, 0.5) is 11.5 Å².